The third-order valence-electron chi connectivity index (χ3n) is 5.75. The largest absolute Gasteiger partial charge is 0.493 e. The number of aromatic nitrogens is 1. The molecule has 0 fully saturated rings. The predicted octanol–water partition coefficient (Wildman–Crippen LogP) is 6.92. The number of para-hydroxylation sites is 1. The van der Waals surface area contributed by atoms with E-state index in [-0.39, 0.29) is 11.5 Å². The summed E-state index contributed by atoms with van der Waals surface area (Å²) in [4.78, 5) is 24.0. The van der Waals surface area contributed by atoms with Crippen LogP contribution in [0, 0.1) is 6.92 Å². The summed E-state index contributed by atoms with van der Waals surface area (Å²) in [5.41, 5.74) is 4.74. The van der Waals surface area contributed by atoms with E-state index in [2.05, 4.69) is 17.2 Å². The topological polar surface area (TPSA) is 76.7 Å². The summed E-state index contributed by atoms with van der Waals surface area (Å²) in [7, 11) is 1.58. The van der Waals surface area contributed by atoms with Crippen LogP contribution in [0.15, 0.2) is 88.3 Å². The third-order valence-corrected chi connectivity index (χ3v) is 6.87. The number of thiazole rings is 1. The van der Waals surface area contributed by atoms with Crippen molar-refractivity contribution in [2.75, 3.05) is 12.4 Å². The Morgan fingerprint density at radius 1 is 1.06 bits per heavy atom. The minimum atomic E-state index is -0.342. The van der Waals surface area contributed by atoms with Crippen molar-refractivity contribution < 1.29 is 13.9 Å². The summed E-state index contributed by atoms with van der Waals surface area (Å²) >= 11 is 1.47. The highest BCUT2D eigenvalue weighted by molar-refractivity contribution is 7.16. The molecule has 0 radical (unpaired) electrons. The number of rotatable bonds is 6. The van der Waals surface area contributed by atoms with E-state index in [1.807, 2.05) is 79.7 Å². The number of carbonyl (C=O) groups excluding carboxylic acids is 1. The van der Waals surface area contributed by atoms with Gasteiger partial charge in [-0.1, -0.05) is 67.1 Å². The number of methoxy groups -OCH3 is 1. The van der Waals surface area contributed by atoms with Gasteiger partial charge in [-0.25, -0.2) is 9.98 Å². The molecule has 0 saturated heterocycles. The number of nitrogens with zero attached hydrogens (tertiary/aromatic N) is 2. The van der Waals surface area contributed by atoms with Crippen LogP contribution < -0.4 is 15.6 Å². The Morgan fingerprint density at radius 3 is 2.56 bits per heavy atom. The van der Waals surface area contributed by atoms with E-state index >= 15 is 0 Å². The zero-order valence-corrected chi connectivity index (χ0v) is 21.1. The van der Waals surface area contributed by atoms with Gasteiger partial charge in [0.2, 0.25) is 5.55 Å². The number of aryl methyl sites for hydroxylation is 2. The highest BCUT2D eigenvalue weighted by Crippen LogP contribution is 2.32. The maximum absolute atomic E-state index is 13.5. The van der Waals surface area contributed by atoms with Crippen molar-refractivity contribution in [3.05, 3.63) is 100 Å². The van der Waals surface area contributed by atoms with Gasteiger partial charge in [-0.05, 0) is 37.6 Å². The molecule has 2 heterocycles. The molecule has 3 aromatic carbocycles. The summed E-state index contributed by atoms with van der Waals surface area (Å²) in [6.45, 7) is 4.09. The molecule has 0 spiro atoms. The molecule has 0 unspecified atom stereocenters. The van der Waals surface area contributed by atoms with Crippen molar-refractivity contribution in [1.82, 2.24) is 4.98 Å². The van der Waals surface area contributed by atoms with Crippen molar-refractivity contribution in [1.29, 1.82) is 0 Å². The Kier molecular flexibility index (Phi) is 6.64. The molecule has 36 heavy (non-hydrogen) atoms. The predicted molar refractivity (Wildman–Crippen MR) is 144 cm³/mol. The molecular weight excluding hydrogens is 470 g/mol. The Hall–Kier alpha value is -4.23. The molecule has 7 heteroatoms. The van der Waals surface area contributed by atoms with Crippen molar-refractivity contribution in [2.24, 2.45) is 4.99 Å². The summed E-state index contributed by atoms with van der Waals surface area (Å²) < 4.78 is 11.6. The molecular formula is C29H25N3O3S. The fourth-order valence-corrected chi connectivity index (χ4v) is 4.82. The van der Waals surface area contributed by atoms with E-state index in [4.69, 9.17) is 14.1 Å². The monoisotopic (exact) mass is 495 g/mol. The van der Waals surface area contributed by atoms with E-state index < -0.39 is 0 Å². The van der Waals surface area contributed by atoms with Gasteiger partial charge < -0.3 is 9.15 Å². The fraction of sp³-hybridized carbons (Fsp3) is 0.138. The Balaban J connectivity index is 1.59. The molecule has 0 aliphatic carbocycles. The maximum atomic E-state index is 13.5. The van der Waals surface area contributed by atoms with Crippen molar-refractivity contribution in [2.45, 2.75) is 20.3 Å². The molecule has 1 amide bonds. The van der Waals surface area contributed by atoms with E-state index in [1.54, 1.807) is 13.2 Å². The molecule has 5 aromatic rings. The fourth-order valence-electron chi connectivity index (χ4n) is 3.90. The quantitative estimate of drug-likeness (QED) is 0.277. The summed E-state index contributed by atoms with van der Waals surface area (Å²) in [5.74, 6) is 0.227. The average Bonchev–Trinajstić information content (AvgIpc) is 3.32. The Labute approximate surface area is 212 Å². The van der Waals surface area contributed by atoms with Gasteiger partial charge in [0.05, 0.1) is 18.5 Å². The number of carbonyl (C=O) groups is 1. The molecule has 0 saturated carbocycles. The number of benzene rings is 3. The van der Waals surface area contributed by atoms with Gasteiger partial charge in [0, 0.05) is 15.8 Å². The average molecular weight is 496 g/mol. The first-order valence-corrected chi connectivity index (χ1v) is 12.5. The summed E-state index contributed by atoms with van der Waals surface area (Å²) in [6, 6.07) is 25.0. The van der Waals surface area contributed by atoms with Crippen LogP contribution in [0.4, 0.5) is 10.8 Å². The number of anilines is 1. The molecule has 0 bridgehead atoms. The SMILES string of the molecule is CCc1sc(NC(=O)c2cc3cccc(OC)c3oc2=Nc2ccc(C)cc2)nc1-c1ccccc1. The van der Waals surface area contributed by atoms with E-state index in [1.165, 1.54) is 11.3 Å². The second kappa shape index (κ2) is 10.2. The molecule has 1 N–H and O–H groups in total. The number of amides is 1. The van der Waals surface area contributed by atoms with Crippen LogP contribution in [0.1, 0.15) is 27.7 Å². The van der Waals surface area contributed by atoms with Gasteiger partial charge in [-0.15, -0.1) is 11.3 Å². The summed E-state index contributed by atoms with van der Waals surface area (Å²) in [6.07, 6.45) is 0.816. The van der Waals surface area contributed by atoms with Crippen LogP contribution in [0.25, 0.3) is 22.2 Å². The van der Waals surface area contributed by atoms with Gasteiger partial charge in [-0.3, -0.25) is 10.1 Å². The van der Waals surface area contributed by atoms with Crippen LogP contribution >= 0.6 is 11.3 Å². The Bertz CT molecular complexity index is 1600. The zero-order chi connectivity index (χ0) is 25.1. The lowest BCUT2D eigenvalue weighted by atomic mass is 10.1. The lowest BCUT2D eigenvalue weighted by molar-refractivity contribution is 0.102. The second-order valence-electron chi connectivity index (χ2n) is 8.26. The first-order valence-electron chi connectivity index (χ1n) is 11.6. The lowest BCUT2D eigenvalue weighted by Gasteiger charge is -2.08. The zero-order valence-electron chi connectivity index (χ0n) is 20.2. The number of hydrogen-bond donors (Lipinski definition) is 1. The van der Waals surface area contributed by atoms with Crippen LogP contribution in [-0.2, 0) is 6.42 Å². The highest BCUT2D eigenvalue weighted by atomic mass is 32.1. The van der Waals surface area contributed by atoms with Crippen LogP contribution in [0.5, 0.6) is 5.75 Å². The van der Waals surface area contributed by atoms with Gasteiger partial charge in [0.1, 0.15) is 5.56 Å². The van der Waals surface area contributed by atoms with Gasteiger partial charge in [0.25, 0.3) is 5.91 Å². The van der Waals surface area contributed by atoms with Crippen LogP contribution in [-0.4, -0.2) is 18.0 Å². The molecule has 5 rings (SSSR count). The minimum Gasteiger partial charge on any atom is -0.493 e. The molecule has 6 nitrogen and oxygen atoms in total. The lowest BCUT2D eigenvalue weighted by Crippen LogP contribution is -2.21. The smallest absolute Gasteiger partial charge is 0.262 e. The summed E-state index contributed by atoms with van der Waals surface area (Å²) in [5, 5.41) is 4.24. The van der Waals surface area contributed by atoms with Crippen LogP contribution in [0.3, 0.4) is 0 Å². The van der Waals surface area contributed by atoms with Crippen molar-refractivity contribution >= 4 is 39.0 Å². The highest BCUT2D eigenvalue weighted by Gasteiger charge is 2.18. The minimum absolute atomic E-state index is 0.198. The van der Waals surface area contributed by atoms with Gasteiger partial charge in [0.15, 0.2) is 16.5 Å². The molecule has 180 valence electrons. The van der Waals surface area contributed by atoms with E-state index in [9.17, 15) is 4.79 Å². The molecule has 2 aromatic heterocycles. The van der Waals surface area contributed by atoms with Crippen molar-refractivity contribution in [3.63, 3.8) is 0 Å². The third kappa shape index (κ3) is 4.78. The molecule has 0 atom stereocenters. The Morgan fingerprint density at radius 2 is 1.83 bits per heavy atom. The number of ether oxygens (including phenoxy) is 1. The molecule has 0 aliphatic rings. The standard InChI is InChI=1S/C29H25N3O3S/c1-4-24-25(19-9-6-5-7-10-19)31-29(36-24)32-27(33)22-17-20-11-8-12-23(34-3)26(20)35-28(22)30-21-15-13-18(2)14-16-21/h5-17H,4H2,1-3H3,(H,31,32,33). The van der Waals surface area contributed by atoms with E-state index in [0.29, 0.717) is 27.7 Å². The van der Waals surface area contributed by atoms with Gasteiger partial charge >= 0.3 is 0 Å². The first-order chi connectivity index (χ1) is 17.6. The maximum Gasteiger partial charge on any atom is 0.262 e. The number of hydrogen-bond acceptors (Lipinski definition) is 6. The number of fused-ring (bicyclic) bond motifs is 1. The normalized spacial score (nSPS) is 11.6. The second-order valence-corrected chi connectivity index (χ2v) is 9.34. The first kappa shape index (κ1) is 23.5. The number of nitrogens with one attached hydrogen (secondary N) is 1. The van der Waals surface area contributed by atoms with E-state index in [0.717, 1.165) is 33.5 Å². The van der Waals surface area contributed by atoms with Crippen LogP contribution in [0.2, 0.25) is 0 Å². The van der Waals surface area contributed by atoms with Crippen molar-refractivity contribution in [3.8, 4) is 17.0 Å². The van der Waals surface area contributed by atoms with Gasteiger partial charge in [-0.2, -0.15) is 0 Å². The molecule has 0 aliphatic heterocycles.